The Labute approximate surface area is 163 Å². The fourth-order valence-electron chi connectivity index (χ4n) is 2.78. The smallest absolute Gasteiger partial charge is 0.341 e. The third-order valence-corrected chi connectivity index (χ3v) is 4.48. The molecule has 1 N–H and O–H groups in total. The van der Waals surface area contributed by atoms with Gasteiger partial charge in [0.1, 0.15) is 0 Å². The minimum atomic E-state index is -1.12. The van der Waals surface area contributed by atoms with Gasteiger partial charge in [-0.15, -0.1) is 0 Å². The molecule has 1 aliphatic carbocycles. The average molecular weight is 431 g/mol. The van der Waals surface area contributed by atoms with E-state index in [1.165, 1.54) is 6.08 Å². The molecule has 2 aromatic rings. The Morgan fingerprint density at radius 1 is 1.11 bits per heavy atom. The molecule has 0 spiro atoms. The molecular weight excluding hydrogens is 416 g/mol. The molecule has 7 heteroatoms. The van der Waals surface area contributed by atoms with E-state index in [-0.39, 0.29) is 22.9 Å². The maximum absolute atomic E-state index is 12.5. The minimum absolute atomic E-state index is 0.0738. The van der Waals surface area contributed by atoms with E-state index in [4.69, 9.17) is 14.6 Å². The van der Waals surface area contributed by atoms with E-state index in [1.54, 1.807) is 43.3 Å². The molecule has 0 saturated carbocycles. The molecule has 0 fully saturated rings. The normalized spacial score (nSPS) is 12.7. The lowest BCUT2D eigenvalue weighted by Gasteiger charge is -2.13. The van der Waals surface area contributed by atoms with Crippen LogP contribution in [0.25, 0.3) is 6.08 Å². The van der Waals surface area contributed by atoms with Crippen LogP contribution in [0.1, 0.15) is 33.2 Å². The van der Waals surface area contributed by atoms with Gasteiger partial charge in [-0.3, -0.25) is 9.59 Å². The number of carboxylic acids is 1. The number of carbonyl (C=O) groups is 3. The Bertz CT molecular complexity index is 939. The number of Topliss-reactive ketones (excluding diaryl/α,β-unsaturated/α-hetero) is 2. The van der Waals surface area contributed by atoms with Gasteiger partial charge >= 0.3 is 5.97 Å². The second kappa shape index (κ2) is 7.75. The molecule has 0 aromatic heterocycles. The number of allylic oxidation sites excluding steroid dienone is 1. The molecule has 0 radical (unpaired) electrons. The summed E-state index contributed by atoms with van der Waals surface area (Å²) in [6.45, 7) is 1.59. The van der Waals surface area contributed by atoms with Crippen LogP contribution in [0, 0.1) is 0 Å². The van der Waals surface area contributed by atoms with Crippen LogP contribution in [0.15, 0.2) is 46.4 Å². The molecule has 3 rings (SSSR count). The number of carboxylic acid groups (broad SMARTS) is 1. The van der Waals surface area contributed by atoms with Crippen LogP contribution in [0.5, 0.6) is 11.5 Å². The summed E-state index contributed by atoms with van der Waals surface area (Å²) in [5, 5.41) is 8.81. The summed E-state index contributed by atoms with van der Waals surface area (Å²) >= 11 is 3.33. The number of carbonyl (C=O) groups excluding carboxylic acids is 2. The molecule has 1 aliphatic rings. The number of fused-ring (bicyclic) bond motifs is 1. The van der Waals surface area contributed by atoms with Crippen LogP contribution in [-0.4, -0.2) is 35.9 Å². The van der Waals surface area contributed by atoms with Crippen molar-refractivity contribution in [1.29, 1.82) is 0 Å². The molecule has 0 aliphatic heterocycles. The Kier molecular flexibility index (Phi) is 5.41. The highest BCUT2D eigenvalue weighted by molar-refractivity contribution is 9.10. The number of benzene rings is 2. The number of ether oxygens (including phenoxy) is 2. The summed E-state index contributed by atoms with van der Waals surface area (Å²) < 4.78 is 11.3. The molecule has 0 amide bonds. The standard InChI is InChI=1S/C20H15BrO6/c1-2-26-16-9-11(8-15(21)20(16)27-10-17(22)23)7-14-18(24)12-5-3-4-6-13(12)19(14)25/h3-9H,2,10H2,1H3,(H,22,23). The first-order valence-electron chi connectivity index (χ1n) is 8.13. The zero-order chi connectivity index (χ0) is 19.6. The summed E-state index contributed by atoms with van der Waals surface area (Å²) in [7, 11) is 0. The van der Waals surface area contributed by atoms with Gasteiger partial charge in [-0.1, -0.05) is 24.3 Å². The fourth-order valence-corrected chi connectivity index (χ4v) is 3.35. The zero-order valence-corrected chi connectivity index (χ0v) is 15.9. The van der Waals surface area contributed by atoms with Crippen LogP contribution >= 0.6 is 15.9 Å². The SMILES string of the molecule is CCOc1cc(C=C2C(=O)c3ccccc3C2=O)cc(Br)c1OCC(=O)O. The van der Waals surface area contributed by atoms with Gasteiger partial charge in [0.15, 0.2) is 29.7 Å². The second-order valence-electron chi connectivity index (χ2n) is 5.71. The van der Waals surface area contributed by atoms with E-state index in [9.17, 15) is 14.4 Å². The van der Waals surface area contributed by atoms with Crippen molar-refractivity contribution < 1.29 is 29.0 Å². The molecule has 27 heavy (non-hydrogen) atoms. The summed E-state index contributed by atoms with van der Waals surface area (Å²) in [6, 6.07) is 9.91. The second-order valence-corrected chi connectivity index (χ2v) is 6.56. The first-order valence-corrected chi connectivity index (χ1v) is 8.92. The van der Waals surface area contributed by atoms with Gasteiger partial charge < -0.3 is 14.6 Å². The van der Waals surface area contributed by atoms with Crippen molar-refractivity contribution in [3.05, 3.63) is 63.1 Å². The quantitative estimate of drug-likeness (QED) is 0.553. The van der Waals surface area contributed by atoms with E-state index in [0.717, 1.165) is 0 Å². The Balaban J connectivity index is 2.00. The van der Waals surface area contributed by atoms with Crippen molar-refractivity contribution >= 4 is 39.5 Å². The third kappa shape index (κ3) is 3.78. The topological polar surface area (TPSA) is 89.9 Å². The monoisotopic (exact) mass is 430 g/mol. The van der Waals surface area contributed by atoms with Gasteiger partial charge in [-0.25, -0.2) is 4.79 Å². The predicted molar refractivity (Wildman–Crippen MR) is 102 cm³/mol. The zero-order valence-electron chi connectivity index (χ0n) is 14.3. The summed E-state index contributed by atoms with van der Waals surface area (Å²) in [5.74, 6) is -1.20. The van der Waals surface area contributed by atoms with Crippen molar-refractivity contribution in [3.8, 4) is 11.5 Å². The lowest BCUT2D eigenvalue weighted by atomic mass is 10.1. The highest BCUT2D eigenvalue weighted by Gasteiger charge is 2.32. The predicted octanol–water partition coefficient (Wildman–Crippen LogP) is 3.77. The van der Waals surface area contributed by atoms with Crippen molar-refractivity contribution in [3.63, 3.8) is 0 Å². The van der Waals surface area contributed by atoms with Gasteiger partial charge in [0.05, 0.1) is 16.7 Å². The van der Waals surface area contributed by atoms with Gasteiger partial charge in [0, 0.05) is 11.1 Å². The van der Waals surface area contributed by atoms with Crippen molar-refractivity contribution in [1.82, 2.24) is 0 Å². The molecule has 0 atom stereocenters. The first-order chi connectivity index (χ1) is 12.9. The molecular formula is C20H15BrO6. The van der Waals surface area contributed by atoms with Gasteiger partial charge in [-0.05, 0) is 46.6 Å². The molecule has 2 aromatic carbocycles. The largest absolute Gasteiger partial charge is 0.490 e. The lowest BCUT2D eigenvalue weighted by molar-refractivity contribution is -0.139. The van der Waals surface area contributed by atoms with E-state index < -0.39 is 12.6 Å². The number of aliphatic carboxylic acids is 1. The number of hydrogen-bond acceptors (Lipinski definition) is 5. The summed E-state index contributed by atoms with van der Waals surface area (Å²) in [4.78, 5) is 35.8. The van der Waals surface area contributed by atoms with Crippen LogP contribution in [0.4, 0.5) is 0 Å². The van der Waals surface area contributed by atoms with Crippen molar-refractivity contribution in [2.45, 2.75) is 6.92 Å². The molecule has 6 nitrogen and oxygen atoms in total. The average Bonchev–Trinajstić information content (AvgIpc) is 2.86. The Morgan fingerprint density at radius 3 is 2.30 bits per heavy atom. The fraction of sp³-hybridized carbons (Fsp3) is 0.150. The highest BCUT2D eigenvalue weighted by atomic mass is 79.9. The maximum Gasteiger partial charge on any atom is 0.341 e. The van der Waals surface area contributed by atoms with Crippen LogP contribution in [0.2, 0.25) is 0 Å². The number of ketones is 2. The molecule has 0 bridgehead atoms. The highest BCUT2D eigenvalue weighted by Crippen LogP contribution is 2.38. The molecule has 0 saturated heterocycles. The van der Waals surface area contributed by atoms with E-state index in [2.05, 4.69) is 15.9 Å². The van der Waals surface area contributed by atoms with E-state index in [1.807, 2.05) is 0 Å². The van der Waals surface area contributed by atoms with Gasteiger partial charge in [0.25, 0.3) is 0 Å². The lowest BCUT2D eigenvalue weighted by Crippen LogP contribution is -2.11. The Hall–Kier alpha value is -2.93. The maximum atomic E-state index is 12.5. The van der Waals surface area contributed by atoms with Crippen molar-refractivity contribution in [2.24, 2.45) is 0 Å². The van der Waals surface area contributed by atoms with Crippen LogP contribution < -0.4 is 9.47 Å². The molecule has 0 unspecified atom stereocenters. The van der Waals surface area contributed by atoms with Gasteiger partial charge in [-0.2, -0.15) is 0 Å². The summed E-state index contributed by atoms with van der Waals surface area (Å²) in [5.41, 5.74) is 1.40. The summed E-state index contributed by atoms with van der Waals surface area (Å²) in [6.07, 6.45) is 1.50. The van der Waals surface area contributed by atoms with Gasteiger partial charge in [0.2, 0.25) is 0 Å². The third-order valence-electron chi connectivity index (χ3n) is 3.89. The number of rotatable bonds is 6. The Morgan fingerprint density at radius 2 is 1.74 bits per heavy atom. The van der Waals surface area contributed by atoms with E-state index in [0.29, 0.717) is 33.5 Å². The molecule has 0 heterocycles. The number of hydrogen-bond donors (Lipinski definition) is 1. The molecule has 138 valence electrons. The number of halogens is 1. The first kappa shape index (κ1) is 18.8. The van der Waals surface area contributed by atoms with Crippen LogP contribution in [-0.2, 0) is 4.79 Å². The minimum Gasteiger partial charge on any atom is -0.490 e. The van der Waals surface area contributed by atoms with Crippen molar-refractivity contribution in [2.75, 3.05) is 13.2 Å². The van der Waals surface area contributed by atoms with Crippen LogP contribution in [0.3, 0.4) is 0 Å². The van der Waals surface area contributed by atoms with E-state index >= 15 is 0 Å².